The highest BCUT2D eigenvalue weighted by Gasteiger charge is 2.33. The summed E-state index contributed by atoms with van der Waals surface area (Å²) in [5, 5.41) is 11.9. The maximum absolute atomic E-state index is 13.7. The first-order valence-electron chi connectivity index (χ1n) is 6.53. The van der Waals surface area contributed by atoms with Crippen molar-refractivity contribution in [3.8, 4) is 0 Å². The number of hydrogen-bond acceptors (Lipinski definition) is 1. The molecular formula is C16H17FO. The summed E-state index contributed by atoms with van der Waals surface area (Å²) < 4.78 is 13.7. The lowest BCUT2D eigenvalue weighted by molar-refractivity contribution is 0.107. The zero-order valence-corrected chi connectivity index (χ0v) is 10.4. The summed E-state index contributed by atoms with van der Waals surface area (Å²) in [7, 11) is 0. The second-order valence-corrected chi connectivity index (χ2v) is 5.32. The fraction of sp³-hybridized carbons (Fsp3) is 0.375. The summed E-state index contributed by atoms with van der Waals surface area (Å²) in [6.07, 6.45) is 1.91. The van der Waals surface area contributed by atoms with E-state index in [4.69, 9.17) is 0 Å². The molecule has 2 atom stereocenters. The predicted molar refractivity (Wildman–Crippen MR) is 70.8 cm³/mol. The van der Waals surface area contributed by atoms with Crippen molar-refractivity contribution in [2.75, 3.05) is 0 Å². The summed E-state index contributed by atoms with van der Waals surface area (Å²) in [6, 6.07) is 10.5. The first kappa shape index (κ1) is 11.7. The van der Waals surface area contributed by atoms with Crippen LogP contribution >= 0.6 is 0 Å². The van der Waals surface area contributed by atoms with Gasteiger partial charge in [0.1, 0.15) is 5.82 Å². The molecule has 1 N–H and O–H groups in total. The third-order valence-electron chi connectivity index (χ3n) is 4.09. The average molecular weight is 244 g/mol. The Kier molecular flexibility index (Phi) is 2.83. The van der Waals surface area contributed by atoms with Crippen LogP contribution in [0.5, 0.6) is 0 Å². The minimum Gasteiger partial charge on any atom is -0.388 e. The van der Waals surface area contributed by atoms with Gasteiger partial charge in [-0.15, -0.1) is 0 Å². The Morgan fingerprint density at radius 1 is 1.11 bits per heavy atom. The molecule has 2 heteroatoms. The summed E-state index contributed by atoms with van der Waals surface area (Å²) in [4.78, 5) is 0. The number of benzene rings is 2. The molecular weight excluding hydrogens is 227 g/mol. The largest absolute Gasteiger partial charge is 0.388 e. The van der Waals surface area contributed by atoms with Crippen LogP contribution in [0.25, 0.3) is 10.8 Å². The smallest absolute Gasteiger partial charge is 0.131 e. The highest BCUT2D eigenvalue weighted by atomic mass is 19.1. The van der Waals surface area contributed by atoms with E-state index < -0.39 is 6.10 Å². The first-order chi connectivity index (χ1) is 8.68. The summed E-state index contributed by atoms with van der Waals surface area (Å²) in [6.45, 7) is 2.08. The average Bonchev–Trinajstić information content (AvgIpc) is 3.22. The second kappa shape index (κ2) is 4.36. The van der Waals surface area contributed by atoms with Crippen LogP contribution in [-0.2, 0) is 0 Å². The molecule has 3 rings (SSSR count). The summed E-state index contributed by atoms with van der Waals surface area (Å²) >= 11 is 0. The van der Waals surface area contributed by atoms with Gasteiger partial charge in [0.2, 0.25) is 0 Å². The molecule has 0 aromatic heterocycles. The van der Waals surface area contributed by atoms with E-state index in [1.54, 1.807) is 12.1 Å². The van der Waals surface area contributed by atoms with Crippen molar-refractivity contribution in [3.05, 3.63) is 47.8 Å². The second-order valence-electron chi connectivity index (χ2n) is 5.32. The Bertz CT molecular complexity index is 574. The Labute approximate surface area is 106 Å². The van der Waals surface area contributed by atoms with Gasteiger partial charge in [-0.2, -0.15) is 0 Å². The zero-order valence-electron chi connectivity index (χ0n) is 10.4. The highest BCUT2D eigenvalue weighted by Crippen LogP contribution is 2.43. The normalized spacial score (nSPS) is 18.8. The lowest BCUT2D eigenvalue weighted by Gasteiger charge is -2.20. The molecule has 2 unspecified atom stereocenters. The van der Waals surface area contributed by atoms with Gasteiger partial charge in [-0.1, -0.05) is 37.3 Å². The van der Waals surface area contributed by atoms with Crippen LogP contribution in [0.1, 0.15) is 31.4 Å². The van der Waals surface area contributed by atoms with Gasteiger partial charge in [-0.3, -0.25) is 0 Å². The number of fused-ring (bicyclic) bond motifs is 1. The van der Waals surface area contributed by atoms with E-state index >= 15 is 0 Å². The van der Waals surface area contributed by atoms with Crippen molar-refractivity contribution in [3.63, 3.8) is 0 Å². The molecule has 0 spiro atoms. The van der Waals surface area contributed by atoms with Crippen LogP contribution in [0.2, 0.25) is 0 Å². The molecule has 0 amide bonds. The van der Waals surface area contributed by atoms with E-state index in [9.17, 15) is 9.50 Å². The maximum atomic E-state index is 13.7. The highest BCUT2D eigenvalue weighted by molar-refractivity contribution is 5.86. The van der Waals surface area contributed by atoms with E-state index in [2.05, 4.69) is 6.92 Å². The lowest BCUT2D eigenvalue weighted by atomic mass is 9.90. The molecule has 1 aliphatic carbocycles. The van der Waals surface area contributed by atoms with Crippen molar-refractivity contribution >= 4 is 10.8 Å². The fourth-order valence-corrected chi connectivity index (χ4v) is 2.71. The third kappa shape index (κ3) is 1.91. The minimum atomic E-state index is -0.497. The summed E-state index contributed by atoms with van der Waals surface area (Å²) in [5.74, 6) is 0.656. The molecule has 2 aromatic rings. The van der Waals surface area contributed by atoms with Gasteiger partial charge in [0.25, 0.3) is 0 Å². The SMILES string of the molecule is CC(C1CC1)C(O)c1ccc(F)c2ccccc12. The number of rotatable bonds is 3. The van der Waals surface area contributed by atoms with Crippen molar-refractivity contribution in [1.29, 1.82) is 0 Å². The number of aliphatic hydroxyl groups is 1. The van der Waals surface area contributed by atoms with Crippen LogP contribution in [0.15, 0.2) is 36.4 Å². The van der Waals surface area contributed by atoms with E-state index in [1.807, 2.05) is 18.2 Å². The molecule has 0 radical (unpaired) electrons. The number of halogens is 1. The van der Waals surface area contributed by atoms with Crippen LogP contribution in [0.3, 0.4) is 0 Å². The van der Waals surface area contributed by atoms with Gasteiger partial charge in [0.15, 0.2) is 0 Å². The minimum absolute atomic E-state index is 0.222. The number of aliphatic hydroxyl groups excluding tert-OH is 1. The van der Waals surface area contributed by atoms with E-state index in [1.165, 1.54) is 18.9 Å². The van der Waals surface area contributed by atoms with Gasteiger partial charge in [0.05, 0.1) is 6.10 Å². The predicted octanol–water partition coefficient (Wildman–Crippen LogP) is 4.06. The summed E-state index contributed by atoms with van der Waals surface area (Å²) in [5.41, 5.74) is 0.853. The van der Waals surface area contributed by atoms with Crippen LogP contribution < -0.4 is 0 Å². The van der Waals surface area contributed by atoms with Crippen molar-refractivity contribution in [2.45, 2.75) is 25.9 Å². The maximum Gasteiger partial charge on any atom is 0.131 e. The Balaban J connectivity index is 2.08. The molecule has 2 aromatic carbocycles. The molecule has 1 aliphatic rings. The molecule has 1 saturated carbocycles. The Hall–Kier alpha value is -1.41. The van der Waals surface area contributed by atoms with Crippen LogP contribution in [0, 0.1) is 17.7 Å². The van der Waals surface area contributed by atoms with Gasteiger partial charge < -0.3 is 5.11 Å². The van der Waals surface area contributed by atoms with E-state index in [0.717, 1.165) is 10.9 Å². The van der Waals surface area contributed by atoms with Crippen molar-refractivity contribution in [2.24, 2.45) is 11.8 Å². The monoisotopic (exact) mass is 244 g/mol. The quantitative estimate of drug-likeness (QED) is 0.863. The van der Waals surface area contributed by atoms with Crippen molar-refractivity contribution < 1.29 is 9.50 Å². The fourth-order valence-electron chi connectivity index (χ4n) is 2.71. The molecule has 18 heavy (non-hydrogen) atoms. The topological polar surface area (TPSA) is 20.2 Å². The van der Waals surface area contributed by atoms with Gasteiger partial charge in [-0.05, 0) is 41.7 Å². The molecule has 1 fully saturated rings. The van der Waals surface area contributed by atoms with Crippen LogP contribution in [0.4, 0.5) is 4.39 Å². The van der Waals surface area contributed by atoms with Gasteiger partial charge >= 0.3 is 0 Å². The Morgan fingerprint density at radius 3 is 2.44 bits per heavy atom. The first-order valence-corrected chi connectivity index (χ1v) is 6.53. The lowest BCUT2D eigenvalue weighted by Crippen LogP contribution is -2.11. The Morgan fingerprint density at radius 2 is 1.78 bits per heavy atom. The molecule has 1 nitrogen and oxygen atoms in total. The molecule has 94 valence electrons. The standard InChI is InChI=1S/C16H17FO/c1-10(11-6-7-11)16(18)14-8-9-15(17)13-5-3-2-4-12(13)14/h2-5,8-11,16,18H,6-7H2,1H3. The third-order valence-corrected chi connectivity index (χ3v) is 4.09. The van der Waals surface area contributed by atoms with E-state index in [-0.39, 0.29) is 11.7 Å². The number of hydrogen-bond donors (Lipinski definition) is 1. The van der Waals surface area contributed by atoms with Gasteiger partial charge in [-0.25, -0.2) is 4.39 Å². The zero-order chi connectivity index (χ0) is 12.7. The molecule has 0 aliphatic heterocycles. The molecule has 0 saturated heterocycles. The molecule has 0 bridgehead atoms. The van der Waals surface area contributed by atoms with Crippen LogP contribution in [-0.4, -0.2) is 5.11 Å². The van der Waals surface area contributed by atoms with E-state index in [0.29, 0.717) is 11.3 Å². The van der Waals surface area contributed by atoms with Crippen molar-refractivity contribution in [1.82, 2.24) is 0 Å². The molecule has 0 heterocycles. The van der Waals surface area contributed by atoms with Gasteiger partial charge in [0, 0.05) is 5.39 Å².